The van der Waals surface area contributed by atoms with E-state index in [-0.39, 0.29) is 0 Å². The second kappa shape index (κ2) is 3.70. The van der Waals surface area contributed by atoms with Crippen LogP contribution in [0.15, 0.2) is 18.2 Å². The predicted molar refractivity (Wildman–Crippen MR) is 53.2 cm³/mol. The van der Waals surface area contributed by atoms with E-state index < -0.39 is 0 Å². The Morgan fingerprint density at radius 2 is 2.36 bits per heavy atom. The summed E-state index contributed by atoms with van der Waals surface area (Å²) >= 11 is 0. The van der Waals surface area contributed by atoms with Crippen LogP contribution in [-0.2, 0) is 17.8 Å². The van der Waals surface area contributed by atoms with Gasteiger partial charge in [-0.2, -0.15) is 0 Å². The lowest BCUT2D eigenvalue weighted by Gasteiger charge is -2.26. The van der Waals surface area contributed by atoms with Crippen molar-refractivity contribution in [2.45, 2.75) is 13.0 Å². The van der Waals surface area contributed by atoms with Gasteiger partial charge in [0.1, 0.15) is 5.75 Å². The number of nitrogens with zero attached hydrogens (tertiary/aromatic N) is 1. The standard InChI is InChI=1S/C11H13NO2/c1-14-11-4-2-3-9-7-12(8-13)6-5-10(9)11/h2-4,8H,5-7H2,1H3. The van der Waals surface area contributed by atoms with Crippen LogP contribution in [0.4, 0.5) is 0 Å². The molecule has 0 fully saturated rings. The molecule has 3 nitrogen and oxygen atoms in total. The molecule has 0 aliphatic carbocycles. The highest BCUT2D eigenvalue weighted by Crippen LogP contribution is 2.26. The quantitative estimate of drug-likeness (QED) is 0.657. The molecule has 1 aliphatic rings. The topological polar surface area (TPSA) is 29.5 Å². The van der Waals surface area contributed by atoms with Crippen LogP contribution in [-0.4, -0.2) is 25.0 Å². The fourth-order valence-corrected chi connectivity index (χ4v) is 1.88. The summed E-state index contributed by atoms with van der Waals surface area (Å²) in [5.41, 5.74) is 2.44. The Morgan fingerprint density at radius 3 is 3.07 bits per heavy atom. The van der Waals surface area contributed by atoms with Crippen LogP contribution in [0.3, 0.4) is 0 Å². The molecule has 0 atom stereocenters. The zero-order valence-electron chi connectivity index (χ0n) is 8.19. The predicted octanol–water partition coefficient (Wildman–Crippen LogP) is 1.21. The maximum Gasteiger partial charge on any atom is 0.210 e. The van der Waals surface area contributed by atoms with Gasteiger partial charge in [-0.3, -0.25) is 4.79 Å². The molecule has 3 heteroatoms. The van der Waals surface area contributed by atoms with E-state index in [2.05, 4.69) is 0 Å². The highest BCUT2D eigenvalue weighted by atomic mass is 16.5. The monoisotopic (exact) mass is 191 g/mol. The lowest BCUT2D eigenvalue weighted by atomic mass is 9.99. The molecule has 0 aromatic heterocycles. The molecule has 0 spiro atoms. The number of amides is 1. The average molecular weight is 191 g/mol. The van der Waals surface area contributed by atoms with Crippen molar-refractivity contribution in [2.24, 2.45) is 0 Å². The minimum atomic E-state index is 0.704. The first-order valence-electron chi connectivity index (χ1n) is 4.69. The molecule has 1 amide bonds. The molecule has 74 valence electrons. The van der Waals surface area contributed by atoms with Gasteiger partial charge in [-0.1, -0.05) is 12.1 Å². The van der Waals surface area contributed by atoms with Gasteiger partial charge >= 0.3 is 0 Å². The third-order valence-corrected chi connectivity index (χ3v) is 2.62. The summed E-state index contributed by atoms with van der Waals surface area (Å²) in [6.45, 7) is 1.49. The molecule has 1 aliphatic heterocycles. The minimum Gasteiger partial charge on any atom is -0.496 e. The fraction of sp³-hybridized carbons (Fsp3) is 0.364. The first-order valence-corrected chi connectivity index (χ1v) is 4.69. The molecule has 1 aromatic rings. The highest BCUT2D eigenvalue weighted by molar-refractivity contribution is 5.51. The van der Waals surface area contributed by atoms with Crippen LogP contribution in [0.25, 0.3) is 0 Å². The van der Waals surface area contributed by atoms with E-state index in [1.165, 1.54) is 11.1 Å². The Kier molecular flexibility index (Phi) is 2.39. The van der Waals surface area contributed by atoms with E-state index in [1.807, 2.05) is 18.2 Å². The first kappa shape index (κ1) is 9.06. The van der Waals surface area contributed by atoms with Gasteiger partial charge in [0.25, 0.3) is 0 Å². The summed E-state index contributed by atoms with van der Waals surface area (Å²) < 4.78 is 5.27. The van der Waals surface area contributed by atoms with Crippen LogP contribution in [0.5, 0.6) is 5.75 Å². The number of methoxy groups -OCH3 is 1. The van der Waals surface area contributed by atoms with Crippen LogP contribution in [0.2, 0.25) is 0 Å². The molecule has 0 N–H and O–H groups in total. The number of hydrogen-bond acceptors (Lipinski definition) is 2. The molecular formula is C11H13NO2. The SMILES string of the molecule is COc1cccc2c1CCN(C=O)C2. The summed E-state index contributed by atoms with van der Waals surface area (Å²) in [6.07, 6.45) is 1.79. The minimum absolute atomic E-state index is 0.704. The first-order chi connectivity index (χ1) is 6.85. The normalized spacial score (nSPS) is 14.8. The van der Waals surface area contributed by atoms with Gasteiger partial charge in [-0.25, -0.2) is 0 Å². The molecule has 0 saturated heterocycles. The summed E-state index contributed by atoms with van der Waals surface area (Å²) in [5, 5.41) is 0. The Bertz CT molecular complexity index is 349. The lowest BCUT2D eigenvalue weighted by Crippen LogP contribution is -2.29. The maximum absolute atomic E-state index is 10.6. The van der Waals surface area contributed by atoms with Crippen molar-refractivity contribution < 1.29 is 9.53 Å². The van der Waals surface area contributed by atoms with Gasteiger partial charge in [0.2, 0.25) is 6.41 Å². The molecule has 0 bridgehead atoms. The number of ether oxygens (including phenoxy) is 1. The highest BCUT2D eigenvalue weighted by Gasteiger charge is 2.17. The smallest absolute Gasteiger partial charge is 0.210 e. The van der Waals surface area contributed by atoms with E-state index in [0.29, 0.717) is 6.54 Å². The van der Waals surface area contributed by atoms with Gasteiger partial charge in [0, 0.05) is 18.7 Å². The largest absolute Gasteiger partial charge is 0.496 e. The van der Waals surface area contributed by atoms with E-state index in [4.69, 9.17) is 4.74 Å². The van der Waals surface area contributed by atoms with E-state index >= 15 is 0 Å². The molecule has 0 radical (unpaired) electrons. The van der Waals surface area contributed by atoms with Crippen molar-refractivity contribution in [1.82, 2.24) is 4.90 Å². The van der Waals surface area contributed by atoms with Gasteiger partial charge in [0.15, 0.2) is 0 Å². The van der Waals surface area contributed by atoms with Gasteiger partial charge in [-0.15, -0.1) is 0 Å². The Labute approximate surface area is 83.3 Å². The van der Waals surface area contributed by atoms with E-state index in [9.17, 15) is 4.79 Å². The third-order valence-electron chi connectivity index (χ3n) is 2.62. The summed E-state index contributed by atoms with van der Waals surface area (Å²) in [5.74, 6) is 0.938. The molecule has 2 rings (SSSR count). The Hall–Kier alpha value is -1.51. The molecular weight excluding hydrogens is 178 g/mol. The van der Waals surface area contributed by atoms with E-state index in [0.717, 1.165) is 25.1 Å². The number of rotatable bonds is 2. The molecule has 1 aromatic carbocycles. The fourth-order valence-electron chi connectivity index (χ4n) is 1.88. The number of carbonyl (C=O) groups excluding carboxylic acids is 1. The van der Waals surface area contributed by atoms with Crippen molar-refractivity contribution >= 4 is 6.41 Å². The van der Waals surface area contributed by atoms with Crippen molar-refractivity contribution in [2.75, 3.05) is 13.7 Å². The third kappa shape index (κ3) is 1.45. The number of hydrogen-bond donors (Lipinski definition) is 0. The van der Waals surface area contributed by atoms with Crippen LogP contribution >= 0.6 is 0 Å². The van der Waals surface area contributed by atoms with E-state index in [1.54, 1.807) is 12.0 Å². The maximum atomic E-state index is 10.6. The number of benzene rings is 1. The number of carbonyl (C=O) groups is 1. The molecule has 14 heavy (non-hydrogen) atoms. The van der Waals surface area contributed by atoms with Crippen LogP contribution in [0.1, 0.15) is 11.1 Å². The van der Waals surface area contributed by atoms with Gasteiger partial charge < -0.3 is 9.64 Å². The lowest BCUT2D eigenvalue weighted by molar-refractivity contribution is -0.118. The zero-order chi connectivity index (χ0) is 9.97. The average Bonchev–Trinajstić information content (AvgIpc) is 2.27. The van der Waals surface area contributed by atoms with Crippen LogP contribution in [0, 0.1) is 0 Å². The molecule has 0 unspecified atom stereocenters. The number of fused-ring (bicyclic) bond motifs is 1. The molecule has 0 saturated carbocycles. The summed E-state index contributed by atoms with van der Waals surface area (Å²) in [7, 11) is 1.68. The summed E-state index contributed by atoms with van der Waals surface area (Å²) in [4.78, 5) is 12.4. The zero-order valence-corrected chi connectivity index (χ0v) is 8.19. The van der Waals surface area contributed by atoms with Crippen LogP contribution < -0.4 is 4.74 Å². The van der Waals surface area contributed by atoms with Crippen molar-refractivity contribution in [3.8, 4) is 5.75 Å². The van der Waals surface area contributed by atoms with Gasteiger partial charge in [0.05, 0.1) is 7.11 Å². The van der Waals surface area contributed by atoms with Crippen molar-refractivity contribution in [3.05, 3.63) is 29.3 Å². The van der Waals surface area contributed by atoms with Gasteiger partial charge in [-0.05, 0) is 18.1 Å². The second-order valence-corrected chi connectivity index (χ2v) is 3.42. The Morgan fingerprint density at radius 1 is 1.50 bits per heavy atom. The molecule has 1 heterocycles. The Balaban J connectivity index is 2.35. The second-order valence-electron chi connectivity index (χ2n) is 3.42. The van der Waals surface area contributed by atoms with Crippen molar-refractivity contribution in [1.29, 1.82) is 0 Å². The van der Waals surface area contributed by atoms with Crippen molar-refractivity contribution in [3.63, 3.8) is 0 Å². The summed E-state index contributed by atoms with van der Waals surface area (Å²) in [6, 6.07) is 5.98.